The molecule has 142 valence electrons. The number of ether oxygens (including phenoxy) is 2. The molecule has 1 unspecified atom stereocenters. The molecule has 27 heavy (non-hydrogen) atoms. The first-order valence-corrected chi connectivity index (χ1v) is 9.44. The van der Waals surface area contributed by atoms with E-state index in [1.807, 2.05) is 30.3 Å². The minimum Gasteiger partial charge on any atom is -0.490 e. The molecule has 2 aliphatic rings. The maximum atomic E-state index is 13.1. The fourth-order valence-electron chi connectivity index (χ4n) is 3.54. The van der Waals surface area contributed by atoms with E-state index in [1.54, 1.807) is 0 Å². The minimum atomic E-state index is -0.581. The molecule has 0 aliphatic carbocycles. The first-order chi connectivity index (χ1) is 13.2. The van der Waals surface area contributed by atoms with Gasteiger partial charge in [-0.1, -0.05) is 24.3 Å². The molecule has 0 radical (unpaired) electrons. The van der Waals surface area contributed by atoms with Crippen molar-refractivity contribution in [2.45, 2.75) is 18.9 Å². The van der Waals surface area contributed by atoms with Crippen molar-refractivity contribution in [3.8, 4) is 11.5 Å². The van der Waals surface area contributed by atoms with E-state index in [4.69, 9.17) is 9.47 Å². The van der Waals surface area contributed by atoms with Crippen LogP contribution in [0.3, 0.4) is 0 Å². The van der Waals surface area contributed by atoms with Crippen molar-refractivity contribution in [1.82, 2.24) is 4.90 Å². The summed E-state index contributed by atoms with van der Waals surface area (Å²) in [5, 5.41) is 10.7. The summed E-state index contributed by atoms with van der Waals surface area (Å²) in [6, 6.07) is 12.3. The lowest BCUT2D eigenvalue weighted by molar-refractivity contribution is 0.118. The Kier molecular flexibility index (Phi) is 5.41. The van der Waals surface area contributed by atoms with Crippen LogP contribution in [0.25, 0.3) is 5.57 Å². The molecule has 5 heteroatoms. The average Bonchev–Trinajstić information content (AvgIpc) is 2.94. The molecule has 0 saturated carbocycles. The normalized spacial score (nSPS) is 18.5. The molecule has 2 heterocycles. The molecule has 0 amide bonds. The minimum absolute atomic E-state index is 0.213. The number of aliphatic hydroxyl groups is 1. The third kappa shape index (κ3) is 4.31. The van der Waals surface area contributed by atoms with E-state index in [2.05, 4.69) is 11.0 Å². The summed E-state index contributed by atoms with van der Waals surface area (Å²) in [6.07, 6.45) is 3.34. The maximum absolute atomic E-state index is 13.1. The zero-order chi connectivity index (χ0) is 18.6. The number of halogens is 1. The summed E-state index contributed by atoms with van der Waals surface area (Å²) < 4.78 is 24.4. The molecule has 0 saturated heterocycles. The SMILES string of the molecule is OC(CN1CC=C(c2ccc(F)cc2)CC1)c1ccc2c(c1)OCCCO2. The summed E-state index contributed by atoms with van der Waals surface area (Å²) in [5.74, 6) is 1.24. The largest absolute Gasteiger partial charge is 0.490 e. The standard InChI is InChI=1S/C22H24FNO3/c23-19-5-2-16(3-6-19)17-8-10-24(11-9-17)15-20(25)18-4-7-21-22(14-18)27-13-1-12-26-21/h2-8,14,20,25H,1,9-13,15H2. The zero-order valence-electron chi connectivity index (χ0n) is 15.2. The van der Waals surface area contributed by atoms with Gasteiger partial charge >= 0.3 is 0 Å². The van der Waals surface area contributed by atoms with Crippen LogP contribution in [0.5, 0.6) is 11.5 Å². The summed E-state index contributed by atoms with van der Waals surface area (Å²) >= 11 is 0. The fourth-order valence-corrected chi connectivity index (χ4v) is 3.54. The highest BCUT2D eigenvalue weighted by atomic mass is 19.1. The van der Waals surface area contributed by atoms with E-state index < -0.39 is 6.10 Å². The van der Waals surface area contributed by atoms with Crippen molar-refractivity contribution >= 4 is 5.57 Å². The molecular weight excluding hydrogens is 345 g/mol. The molecule has 4 nitrogen and oxygen atoms in total. The van der Waals surface area contributed by atoms with Crippen LogP contribution in [-0.4, -0.2) is 42.9 Å². The van der Waals surface area contributed by atoms with Gasteiger partial charge in [-0.3, -0.25) is 4.90 Å². The number of aliphatic hydroxyl groups excluding tert-OH is 1. The summed E-state index contributed by atoms with van der Waals surface area (Å²) in [5.41, 5.74) is 3.14. The highest BCUT2D eigenvalue weighted by Gasteiger charge is 2.19. The van der Waals surface area contributed by atoms with E-state index in [1.165, 1.54) is 17.7 Å². The smallest absolute Gasteiger partial charge is 0.161 e. The quantitative estimate of drug-likeness (QED) is 0.890. The zero-order valence-corrected chi connectivity index (χ0v) is 15.2. The van der Waals surface area contributed by atoms with Crippen molar-refractivity contribution in [3.63, 3.8) is 0 Å². The number of benzene rings is 2. The van der Waals surface area contributed by atoms with E-state index in [-0.39, 0.29) is 5.82 Å². The van der Waals surface area contributed by atoms with Crippen molar-refractivity contribution in [1.29, 1.82) is 0 Å². The van der Waals surface area contributed by atoms with E-state index in [9.17, 15) is 9.50 Å². The molecule has 0 fully saturated rings. The van der Waals surface area contributed by atoms with Gasteiger partial charge in [-0.05, 0) is 47.4 Å². The second-order valence-corrected chi connectivity index (χ2v) is 7.02. The topological polar surface area (TPSA) is 41.9 Å². The first kappa shape index (κ1) is 18.0. The van der Waals surface area contributed by atoms with Gasteiger partial charge in [0.05, 0.1) is 19.3 Å². The Bertz CT molecular complexity index is 819. The van der Waals surface area contributed by atoms with Crippen LogP contribution >= 0.6 is 0 Å². The number of hydrogen-bond donors (Lipinski definition) is 1. The lowest BCUT2D eigenvalue weighted by Crippen LogP contribution is -2.32. The molecular formula is C22H24FNO3. The Morgan fingerprint density at radius 1 is 1.04 bits per heavy atom. The molecule has 1 atom stereocenters. The van der Waals surface area contributed by atoms with Gasteiger partial charge in [-0.25, -0.2) is 4.39 Å². The second kappa shape index (κ2) is 8.11. The second-order valence-electron chi connectivity index (χ2n) is 7.02. The fraction of sp³-hybridized carbons (Fsp3) is 0.364. The monoisotopic (exact) mass is 369 g/mol. The van der Waals surface area contributed by atoms with Crippen molar-refractivity contribution < 1.29 is 19.0 Å². The Labute approximate surface area is 158 Å². The van der Waals surface area contributed by atoms with Crippen molar-refractivity contribution in [3.05, 3.63) is 65.5 Å². The van der Waals surface area contributed by atoms with Crippen LogP contribution in [-0.2, 0) is 0 Å². The lowest BCUT2D eigenvalue weighted by Gasteiger charge is -2.28. The Morgan fingerprint density at radius 2 is 1.81 bits per heavy atom. The third-order valence-corrected chi connectivity index (χ3v) is 5.10. The van der Waals surface area contributed by atoms with Crippen LogP contribution in [0, 0.1) is 5.82 Å². The predicted octanol–water partition coefficient (Wildman–Crippen LogP) is 3.81. The van der Waals surface area contributed by atoms with Crippen LogP contribution < -0.4 is 9.47 Å². The van der Waals surface area contributed by atoms with Crippen LogP contribution in [0.4, 0.5) is 4.39 Å². The maximum Gasteiger partial charge on any atom is 0.161 e. The van der Waals surface area contributed by atoms with E-state index in [0.717, 1.165) is 42.8 Å². The van der Waals surface area contributed by atoms with Crippen molar-refractivity contribution in [2.75, 3.05) is 32.8 Å². The molecule has 0 aromatic heterocycles. The molecule has 2 aromatic carbocycles. The summed E-state index contributed by atoms with van der Waals surface area (Å²) in [6.45, 7) is 3.49. The van der Waals surface area contributed by atoms with Crippen LogP contribution in [0.15, 0.2) is 48.5 Å². The van der Waals surface area contributed by atoms with Gasteiger partial charge < -0.3 is 14.6 Å². The van der Waals surface area contributed by atoms with Gasteiger partial charge in [0.25, 0.3) is 0 Å². The Hall–Kier alpha value is -2.37. The Balaban J connectivity index is 1.38. The van der Waals surface area contributed by atoms with Gasteiger partial charge in [0.15, 0.2) is 11.5 Å². The van der Waals surface area contributed by atoms with Gasteiger partial charge in [0.2, 0.25) is 0 Å². The number of rotatable bonds is 4. The van der Waals surface area contributed by atoms with Gasteiger partial charge in [-0.15, -0.1) is 0 Å². The summed E-state index contributed by atoms with van der Waals surface area (Å²) in [7, 11) is 0. The number of nitrogens with zero attached hydrogens (tertiary/aromatic N) is 1. The summed E-state index contributed by atoms with van der Waals surface area (Å²) in [4.78, 5) is 2.22. The molecule has 2 aliphatic heterocycles. The van der Waals surface area contributed by atoms with E-state index in [0.29, 0.717) is 25.5 Å². The van der Waals surface area contributed by atoms with Crippen LogP contribution in [0.2, 0.25) is 0 Å². The van der Waals surface area contributed by atoms with Crippen LogP contribution in [0.1, 0.15) is 30.1 Å². The predicted molar refractivity (Wildman–Crippen MR) is 102 cm³/mol. The third-order valence-electron chi connectivity index (χ3n) is 5.10. The highest BCUT2D eigenvalue weighted by molar-refractivity contribution is 5.66. The Morgan fingerprint density at radius 3 is 2.56 bits per heavy atom. The van der Waals surface area contributed by atoms with Crippen molar-refractivity contribution in [2.24, 2.45) is 0 Å². The number of hydrogen-bond acceptors (Lipinski definition) is 4. The number of β-amino-alcohol motifs (C(OH)–C–C–N with tert-alkyl or cyclic N) is 1. The van der Waals surface area contributed by atoms with Gasteiger partial charge in [-0.2, -0.15) is 0 Å². The molecule has 0 spiro atoms. The lowest BCUT2D eigenvalue weighted by atomic mass is 9.99. The molecule has 4 rings (SSSR count). The van der Waals surface area contributed by atoms with Gasteiger partial charge in [0.1, 0.15) is 5.82 Å². The molecule has 2 aromatic rings. The molecule has 1 N–H and O–H groups in total. The highest BCUT2D eigenvalue weighted by Crippen LogP contribution is 2.33. The molecule has 0 bridgehead atoms. The average molecular weight is 369 g/mol. The number of fused-ring (bicyclic) bond motifs is 1. The van der Waals surface area contributed by atoms with E-state index >= 15 is 0 Å². The first-order valence-electron chi connectivity index (χ1n) is 9.44. The van der Waals surface area contributed by atoms with Gasteiger partial charge in [0, 0.05) is 26.1 Å².